The number of aryl methyl sites for hydroxylation is 1. The molecule has 0 radical (unpaired) electrons. The molecule has 5 rings (SSSR count). The van der Waals surface area contributed by atoms with E-state index in [2.05, 4.69) is 17.1 Å². The maximum absolute atomic E-state index is 13.7. The van der Waals surface area contributed by atoms with Crippen molar-refractivity contribution in [2.24, 2.45) is 5.92 Å². The zero-order valence-electron chi connectivity index (χ0n) is 22.1. The molecule has 0 saturated carbocycles. The number of pyridine rings is 1. The van der Waals surface area contributed by atoms with Crippen LogP contribution in [0, 0.1) is 5.92 Å². The molecule has 8 nitrogen and oxygen atoms in total. The Morgan fingerprint density at radius 3 is 2.50 bits per heavy atom. The first kappa shape index (κ1) is 26.2. The normalized spacial score (nSPS) is 21.7. The molecule has 0 spiro atoms. The molecule has 4 heterocycles. The monoisotopic (exact) mass is 518 g/mol. The summed E-state index contributed by atoms with van der Waals surface area (Å²) in [5, 5.41) is 0. The van der Waals surface area contributed by atoms with Crippen molar-refractivity contribution in [1.29, 1.82) is 0 Å². The van der Waals surface area contributed by atoms with Gasteiger partial charge in [-0.3, -0.25) is 19.4 Å². The number of hydrogen-bond acceptors (Lipinski definition) is 5. The van der Waals surface area contributed by atoms with Crippen molar-refractivity contribution in [3.05, 3.63) is 59.9 Å². The molecule has 0 aliphatic carbocycles. The van der Waals surface area contributed by atoms with E-state index in [9.17, 15) is 14.4 Å². The van der Waals surface area contributed by atoms with Crippen LogP contribution in [0.5, 0.6) is 5.75 Å². The number of ether oxygens (including phenoxy) is 1. The van der Waals surface area contributed by atoms with Crippen LogP contribution in [0.15, 0.2) is 48.8 Å². The Kier molecular flexibility index (Phi) is 8.56. The number of likely N-dealkylation sites (tertiary alicyclic amines) is 1. The Morgan fingerprint density at radius 1 is 0.868 bits per heavy atom. The third-order valence-electron chi connectivity index (χ3n) is 8.15. The zero-order chi connectivity index (χ0) is 26.3. The van der Waals surface area contributed by atoms with E-state index < -0.39 is 0 Å². The van der Waals surface area contributed by atoms with Crippen molar-refractivity contribution in [2.75, 3.05) is 39.3 Å². The minimum absolute atomic E-state index is 0.0240. The zero-order valence-corrected chi connectivity index (χ0v) is 22.1. The van der Waals surface area contributed by atoms with E-state index in [-0.39, 0.29) is 36.2 Å². The van der Waals surface area contributed by atoms with Crippen molar-refractivity contribution >= 4 is 17.7 Å². The summed E-state index contributed by atoms with van der Waals surface area (Å²) in [6, 6.07) is 11.9. The highest BCUT2D eigenvalue weighted by Crippen LogP contribution is 2.25. The van der Waals surface area contributed by atoms with E-state index in [1.807, 2.05) is 21.9 Å². The summed E-state index contributed by atoms with van der Waals surface area (Å²) in [6.07, 6.45) is 10.1. The molecule has 3 aliphatic rings. The highest BCUT2D eigenvalue weighted by Gasteiger charge is 2.33. The molecule has 3 amide bonds. The van der Waals surface area contributed by atoms with Gasteiger partial charge in [-0.15, -0.1) is 0 Å². The van der Waals surface area contributed by atoms with Crippen molar-refractivity contribution in [3.8, 4) is 5.75 Å². The first-order valence-electron chi connectivity index (χ1n) is 14.1. The Morgan fingerprint density at radius 2 is 1.68 bits per heavy atom. The fourth-order valence-electron chi connectivity index (χ4n) is 5.98. The van der Waals surface area contributed by atoms with Gasteiger partial charge in [-0.05, 0) is 81.2 Å². The number of carbonyl (C=O) groups is 3. The van der Waals surface area contributed by atoms with Gasteiger partial charge in [-0.1, -0.05) is 12.1 Å². The summed E-state index contributed by atoms with van der Waals surface area (Å²) in [4.78, 5) is 49.6. The molecule has 0 N–H and O–H groups in total. The van der Waals surface area contributed by atoms with Crippen molar-refractivity contribution in [3.63, 3.8) is 0 Å². The number of aromatic nitrogens is 1. The maximum atomic E-state index is 13.7. The van der Waals surface area contributed by atoms with E-state index in [1.165, 1.54) is 5.56 Å². The first-order valence-corrected chi connectivity index (χ1v) is 14.1. The Hall–Kier alpha value is -3.42. The van der Waals surface area contributed by atoms with Gasteiger partial charge in [0.1, 0.15) is 5.75 Å². The topological polar surface area (TPSA) is 83.1 Å². The summed E-state index contributed by atoms with van der Waals surface area (Å²) in [6.45, 7) is 2.94. The average molecular weight is 519 g/mol. The molecule has 2 bridgehead atoms. The summed E-state index contributed by atoms with van der Waals surface area (Å²) in [5.74, 6) is 0.736. The van der Waals surface area contributed by atoms with Gasteiger partial charge in [-0.25, -0.2) is 0 Å². The predicted molar refractivity (Wildman–Crippen MR) is 144 cm³/mol. The van der Waals surface area contributed by atoms with Crippen LogP contribution in [0.3, 0.4) is 0 Å². The Balaban J connectivity index is 1.26. The van der Waals surface area contributed by atoms with E-state index in [1.54, 1.807) is 29.4 Å². The second-order valence-corrected chi connectivity index (χ2v) is 10.7. The van der Waals surface area contributed by atoms with Crippen LogP contribution in [0.2, 0.25) is 0 Å². The van der Waals surface area contributed by atoms with Gasteiger partial charge in [0, 0.05) is 56.1 Å². The molecule has 1 atom stereocenters. The lowest BCUT2D eigenvalue weighted by atomic mass is 9.94. The molecule has 38 heavy (non-hydrogen) atoms. The van der Waals surface area contributed by atoms with Crippen LogP contribution in [0.4, 0.5) is 0 Å². The van der Waals surface area contributed by atoms with Gasteiger partial charge < -0.3 is 19.4 Å². The molecule has 1 aromatic carbocycles. The number of amides is 3. The lowest BCUT2D eigenvalue weighted by Gasteiger charge is -2.38. The average Bonchev–Trinajstić information content (AvgIpc) is 2.97. The van der Waals surface area contributed by atoms with Crippen LogP contribution in [0.25, 0.3) is 0 Å². The number of fused-ring (bicyclic) bond motifs is 3. The lowest BCUT2D eigenvalue weighted by molar-refractivity contribution is -0.145. The maximum Gasteiger partial charge on any atom is 0.253 e. The number of nitrogens with zero attached hydrogens (tertiary/aromatic N) is 4. The number of rotatable bonds is 2. The van der Waals surface area contributed by atoms with E-state index in [0.29, 0.717) is 51.1 Å². The second-order valence-electron chi connectivity index (χ2n) is 10.7. The summed E-state index contributed by atoms with van der Waals surface area (Å²) in [7, 11) is 0. The predicted octanol–water partition coefficient (Wildman–Crippen LogP) is 3.56. The Labute approximate surface area is 225 Å². The SMILES string of the molecule is O=C(c1ccncc1)N1CCC(C(=O)N2CCCOc3cccc(c3)CCC3CCCCN3C(=O)C2)CC1. The van der Waals surface area contributed by atoms with Gasteiger partial charge in [0.25, 0.3) is 5.91 Å². The number of benzene rings is 1. The minimum Gasteiger partial charge on any atom is -0.494 e. The first-order chi connectivity index (χ1) is 18.6. The van der Waals surface area contributed by atoms with Gasteiger partial charge in [0.05, 0.1) is 13.2 Å². The third kappa shape index (κ3) is 6.34. The van der Waals surface area contributed by atoms with Crippen LogP contribution in [-0.4, -0.2) is 82.8 Å². The van der Waals surface area contributed by atoms with Gasteiger partial charge in [0.15, 0.2) is 0 Å². The van der Waals surface area contributed by atoms with Gasteiger partial charge in [-0.2, -0.15) is 0 Å². The summed E-state index contributed by atoms with van der Waals surface area (Å²) >= 11 is 0. The molecule has 2 fully saturated rings. The van der Waals surface area contributed by atoms with Gasteiger partial charge in [0.2, 0.25) is 11.8 Å². The molecule has 1 aromatic heterocycles. The molecular weight excluding hydrogens is 480 g/mol. The van der Waals surface area contributed by atoms with Crippen LogP contribution < -0.4 is 4.74 Å². The highest BCUT2D eigenvalue weighted by molar-refractivity contribution is 5.94. The molecule has 202 valence electrons. The number of hydrogen-bond donors (Lipinski definition) is 0. The fourth-order valence-corrected chi connectivity index (χ4v) is 5.98. The van der Waals surface area contributed by atoms with E-state index in [0.717, 1.165) is 44.4 Å². The van der Waals surface area contributed by atoms with Crippen LogP contribution in [0.1, 0.15) is 60.9 Å². The fraction of sp³-hybridized carbons (Fsp3) is 0.533. The van der Waals surface area contributed by atoms with Crippen molar-refractivity contribution in [1.82, 2.24) is 19.7 Å². The van der Waals surface area contributed by atoms with E-state index >= 15 is 0 Å². The van der Waals surface area contributed by atoms with Gasteiger partial charge >= 0.3 is 0 Å². The van der Waals surface area contributed by atoms with Crippen molar-refractivity contribution in [2.45, 2.75) is 57.4 Å². The molecule has 3 aliphatic heterocycles. The van der Waals surface area contributed by atoms with E-state index in [4.69, 9.17) is 4.74 Å². The summed E-state index contributed by atoms with van der Waals surface area (Å²) < 4.78 is 6.00. The molecule has 2 saturated heterocycles. The molecule has 8 heteroatoms. The Bertz CT molecular complexity index is 1120. The molecule has 1 unspecified atom stereocenters. The highest BCUT2D eigenvalue weighted by atomic mass is 16.5. The quantitative estimate of drug-likeness (QED) is 0.607. The smallest absolute Gasteiger partial charge is 0.253 e. The van der Waals surface area contributed by atoms with Crippen LogP contribution >= 0.6 is 0 Å². The number of carbonyl (C=O) groups excluding carboxylic acids is 3. The largest absolute Gasteiger partial charge is 0.494 e. The standard InChI is InChI=1S/C30H38N4O4/c35-28-22-33(30(37)25-12-18-32(19-13-25)29(36)24-10-14-31-15-11-24)16-4-20-38-27-7-3-5-23(21-27)8-9-26-6-1-2-17-34(26)28/h3,5,7,10-11,14-15,21,25-26H,1-2,4,6,8-9,12-13,16-20,22H2. The third-order valence-corrected chi connectivity index (χ3v) is 8.15. The molecular formula is C30H38N4O4. The molecule has 2 aromatic rings. The van der Waals surface area contributed by atoms with Crippen LogP contribution in [-0.2, 0) is 16.0 Å². The second kappa shape index (κ2) is 12.4. The minimum atomic E-state index is -0.182. The lowest BCUT2D eigenvalue weighted by Crippen LogP contribution is -2.51. The number of piperidine rings is 2. The summed E-state index contributed by atoms with van der Waals surface area (Å²) in [5.41, 5.74) is 1.86. The van der Waals surface area contributed by atoms with Crippen molar-refractivity contribution < 1.29 is 19.1 Å².